The van der Waals surface area contributed by atoms with Gasteiger partial charge in [-0.1, -0.05) is 19.1 Å². The normalized spacial score (nSPS) is 13.0. The minimum atomic E-state index is 0.0841. The fraction of sp³-hybridized carbons (Fsp3) is 0.385. The fourth-order valence-electron chi connectivity index (χ4n) is 2.19. The molecule has 0 bridgehead atoms. The van der Waals surface area contributed by atoms with Gasteiger partial charge < -0.3 is 15.5 Å². The molecule has 16 heavy (non-hydrogen) atoms. The van der Waals surface area contributed by atoms with Crippen molar-refractivity contribution in [3.05, 3.63) is 29.5 Å². The SMILES string of the molecule is CCC(N)c1c(C)[nH]c2c(OC)cccc12. The van der Waals surface area contributed by atoms with Gasteiger partial charge in [0.15, 0.2) is 0 Å². The molecular weight excluding hydrogens is 200 g/mol. The van der Waals surface area contributed by atoms with Crippen molar-refractivity contribution in [2.45, 2.75) is 26.3 Å². The Bertz CT molecular complexity index is 502. The summed E-state index contributed by atoms with van der Waals surface area (Å²) in [6.45, 7) is 4.16. The Hall–Kier alpha value is -1.48. The summed E-state index contributed by atoms with van der Waals surface area (Å²) in [7, 11) is 1.68. The molecule has 0 aliphatic rings. The topological polar surface area (TPSA) is 51.0 Å². The van der Waals surface area contributed by atoms with E-state index in [0.29, 0.717) is 0 Å². The second-order valence-electron chi connectivity index (χ2n) is 4.06. The number of methoxy groups -OCH3 is 1. The van der Waals surface area contributed by atoms with E-state index in [1.165, 1.54) is 10.9 Å². The van der Waals surface area contributed by atoms with Gasteiger partial charge in [-0.25, -0.2) is 0 Å². The summed E-state index contributed by atoms with van der Waals surface area (Å²) in [6, 6.07) is 6.13. The summed E-state index contributed by atoms with van der Waals surface area (Å²) in [5, 5.41) is 1.17. The maximum atomic E-state index is 6.14. The van der Waals surface area contributed by atoms with Crippen LogP contribution in [0, 0.1) is 6.92 Å². The van der Waals surface area contributed by atoms with Crippen LogP contribution in [0.3, 0.4) is 0 Å². The molecule has 0 fully saturated rings. The highest BCUT2D eigenvalue weighted by molar-refractivity contribution is 5.90. The number of aryl methyl sites for hydroxylation is 1. The number of aromatic amines is 1. The second kappa shape index (κ2) is 4.18. The van der Waals surface area contributed by atoms with Crippen molar-refractivity contribution >= 4 is 10.9 Å². The standard InChI is InChI=1S/C13H18N2O/c1-4-10(14)12-8(2)15-13-9(12)6-5-7-11(13)16-3/h5-7,10,15H,4,14H2,1-3H3. The molecule has 3 N–H and O–H groups in total. The van der Waals surface area contributed by atoms with Gasteiger partial charge in [0.25, 0.3) is 0 Å². The van der Waals surface area contributed by atoms with E-state index in [-0.39, 0.29) is 6.04 Å². The first-order valence-electron chi connectivity index (χ1n) is 5.59. The summed E-state index contributed by atoms with van der Waals surface area (Å²) in [4.78, 5) is 3.36. The third kappa shape index (κ3) is 1.57. The lowest BCUT2D eigenvalue weighted by atomic mass is 10.0. The molecule has 0 aliphatic heterocycles. The number of ether oxygens (including phenoxy) is 1. The first-order chi connectivity index (χ1) is 7.69. The highest BCUT2D eigenvalue weighted by Gasteiger charge is 2.15. The Morgan fingerprint density at radius 1 is 1.44 bits per heavy atom. The average molecular weight is 218 g/mol. The molecular formula is C13H18N2O. The zero-order valence-corrected chi connectivity index (χ0v) is 10.0. The van der Waals surface area contributed by atoms with E-state index in [1.807, 2.05) is 12.1 Å². The number of rotatable bonds is 3. The van der Waals surface area contributed by atoms with E-state index in [0.717, 1.165) is 23.4 Å². The molecule has 1 aromatic heterocycles. The van der Waals surface area contributed by atoms with Gasteiger partial charge in [-0.2, -0.15) is 0 Å². The first-order valence-corrected chi connectivity index (χ1v) is 5.59. The lowest BCUT2D eigenvalue weighted by molar-refractivity contribution is 0.419. The van der Waals surface area contributed by atoms with Crippen molar-refractivity contribution < 1.29 is 4.74 Å². The number of hydrogen-bond acceptors (Lipinski definition) is 2. The number of hydrogen-bond donors (Lipinski definition) is 2. The molecule has 3 nitrogen and oxygen atoms in total. The lowest BCUT2D eigenvalue weighted by Gasteiger charge is -2.09. The highest BCUT2D eigenvalue weighted by Crippen LogP contribution is 2.32. The maximum Gasteiger partial charge on any atom is 0.142 e. The number of H-pyrrole nitrogens is 1. The average Bonchev–Trinajstić information content (AvgIpc) is 2.63. The number of nitrogens with one attached hydrogen (secondary N) is 1. The van der Waals surface area contributed by atoms with Crippen molar-refractivity contribution in [2.75, 3.05) is 7.11 Å². The molecule has 0 aliphatic carbocycles. The van der Waals surface area contributed by atoms with E-state index < -0.39 is 0 Å². The second-order valence-corrected chi connectivity index (χ2v) is 4.06. The van der Waals surface area contributed by atoms with Crippen molar-refractivity contribution in [2.24, 2.45) is 5.73 Å². The van der Waals surface area contributed by atoms with Gasteiger partial charge in [-0.05, 0) is 25.0 Å². The Labute approximate surface area is 95.6 Å². The van der Waals surface area contributed by atoms with Crippen LogP contribution in [0.1, 0.15) is 30.6 Å². The molecule has 86 valence electrons. The highest BCUT2D eigenvalue weighted by atomic mass is 16.5. The summed E-state index contributed by atoms with van der Waals surface area (Å²) < 4.78 is 5.34. The van der Waals surface area contributed by atoms with E-state index in [1.54, 1.807) is 7.11 Å². The first kappa shape index (κ1) is 11.0. The van der Waals surface area contributed by atoms with Crippen LogP contribution in [0.2, 0.25) is 0 Å². The molecule has 0 radical (unpaired) electrons. The number of para-hydroxylation sites is 1. The number of benzene rings is 1. The zero-order valence-electron chi connectivity index (χ0n) is 10.0. The van der Waals surface area contributed by atoms with Crippen molar-refractivity contribution in [1.82, 2.24) is 4.98 Å². The minimum Gasteiger partial charge on any atom is -0.495 e. The van der Waals surface area contributed by atoms with Crippen LogP contribution < -0.4 is 10.5 Å². The molecule has 1 heterocycles. The summed E-state index contributed by atoms with van der Waals surface area (Å²) in [6.07, 6.45) is 0.936. The van der Waals surface area contributed by atoms with E-state index in [2.05, 4.69) is 24.9 Å². The summed E-state index contributed by atoms with van der Waals surface area (Å²) in [5.74, 6) is 0.871. The van der Waals surface area contributed by atoms with Crippen LogP contribution in [-0.4, -0.2) is 12.1 Å². The molecule has 1 unspecified atom stereocenters. The van der Waals surface area contributed by atoms with Crippen molar-refractivity contribution in [3.8, 4) is 5.75 Å². The fourth-order valence-corrected chi connectivity index (χ4v) is 2.19. The molecule has 2 rings (SSSR count). The van der Waals surface area contributed by atoms with E-state index in [4.69, 9.17) is 10.5 Å². The van der Waals surface area contributed by atoms with Crippen LogP contribution >= 0.6 is 0 Å². The molecule has 0 amide bonds. The third-order valence-corrected chi connectivity index (χ3v) is 3.06. The number of nitrogens with two attached hydrogens (primary N) is 1. The van der Waals surface area contributed by atoms with Crippen LogP contribution in [0.15, 0.2) is 18.2 Å². The smallest absolute Gasteiger partial charge is 0.142 e. The molecule has 0 saturated carbocycles. The molecule has 3 heteroatoms. The van der Waals surface area contributed by atoms with Gasteiger partial charge in [0.2, 0.25) is 0 Å². The largest absolute Gasteiger partial charge is 0.495 e. The van der Waals surface area contributed by atoms with Gasteiger partial charge in [0, 0.05) is 17.1 Å². The number of aromatic nitrogens is 1. The molecule has 0 saturated heterocycles. The van der Waals surface area contributed by atoms with Crippen molar-refractivity contribution in [1.29, 1.82) is 0 Å². The number of fused-ring (bicyclic) bond motifs is 1. The van der Waals surface area contributed by atoms with Gasteiger partial charge >= 0.3 is 0 Å². The molecule has 0 spiro atoms. The zero-order chi connectivity index (χ0) is 11.7. The maximum absolute atomic E-state index is 6.14. The van der Waals surface area contributed by atoms with Gasteiger partial charge in [-0.3, -0.25) is 0 Å². The van der Waals surface area contributed by atoms with Crippen LogP contribution in [0.4, 0.5) is 0 Å². The Kier molecular flexibility index (Phi) is 2.88. The predicted octanol–water partition coefficient (Wildman–Crippen LogP) is 2.89. The molecule has 1 atom stereocenters. The van der Waals surface area contributed by atoms with Crippen LogP contribution in [-0.2, 0) is 0 Å². The summed E-state index contributed by atoms with van der Waals surface area (Å²) >= 11 is 0. The van der Waals surface area contributed by atoms with Gasteiger partial charge in [-0.15, -0.1) is 0 Å². The Balaban J connectivity index is 2.71. The quantitative estimate of drug-likeness (QED) is 0.832. The predicted molar refractivity (Wildman–Crippen MR) is 66.8 cm³/mol. The van der Waals surface area contributed by atoms with Crippen molar-refractivity contribution in [3.63, 3.8) is 0 Å². The third-order valence-electron chi connectivity index (χ3n) is 3.06. The molecule has 2 aromatic rings. The minimum absolute atomic E-state index is 0.0841. The molecule has 1 aromatic carbocycles. The van der Waals surface area contributed by atoms with Gasteiger partial charge in [0.05, 0.1) is 12.6 Å². The summed E-state index contributed by atoms with van der Waals surface area (Å²) in [5.41, 5.74) is 9.52. The monoisotopic (exact) mass is 218 g/mol. The Morgan fingerprint density at radius 3 is 2.81 bits per heavy atom. The van der Waals surface area contributed by atoms with E-state index >= 15 is 0 Å². The van der Waals surface area contributed by atoms with E-state index in [9.17, 15) is 0 Å². The Morgan fingerprint density at radius 2 is 2.19 bits per heavy atom. The van der Waals surface area contributed by atoms with Gasteiger partial charge in [0.1, 0.15) is 5.75 Å². The lowest BCUT2D eigenvalue weighted by Crippen LogP contribution is -2.09. The van der Waals surface area contributed by atoms with Crippen LogP contribution in [0.25, 0.3) is 10.9 Å². The van der Waals surface area contributed by atoms with Crippen LogP contribution in [0.5, 0.6) is 5.75 Å².